The predicted octanol–water partition coefficient (Wildman–Crippen LogP) is 4.44. The Morgan fingerprint density at radius 3 is 2.82 bits per heavy atom. The molecule has 1 aliphatic rings. The molecule has 116 valence electrons. The minimum atomic E-state index is -0.154. The summed E-state index contributed by atoms with van der Waals surface area (Å²) in [4.78, 5) is 0. The molecule has 0 spiro atoms. The molecule has 1 aliphatic heterocycles. The van der Waals surface area contributed by atoms with E-state index in [1.54, 1.807) is 0 Å². The van der Waals surface area contributed by atoms with Crippen LogP contribution in [-0.2, 0) is 12.0 Å². The van der Waals surface area contributed by atoms with Crippen LogP contribution >= 0.6 is 11.6 Å². The second kappa shape index (κ2) is 6.13. The van der Waals surface area contributed by atoms with Crippen LogP contribution < -0.4 is 5.43 Å². The molecule has 4 nitrogen and oxygen atoms in total. The smallest absolute Gasteiger partial charge is 0.145 e. The molecule has 1 N–H and O–H groups in total. The molecule has 1 atom stereocenters. The number of halogens is 1. The average Bonchev–Trinajstić information content (AvgIpc) is 2.98. The first kappa shape index (κ1) is 15.1. The van der Waals surface area contributed by atoms with Gasteiger partial charge in [0.25, 0.3) is 0 Å². The second-order valence-electron chi connectivity index (χ2n) is 5.69. The van der Waals surface area contributed by atoms with Crippen molar-refractivity contribution in [1.82, 2.24) is 9.78 Å². The molecule has 1 unspecified atom stereocenters. The van der Waals surface area contributed by atoms with E-state index in [0.29, 0.717) is 6.54 Å². The van der Waals surface area contributed by atoms with Gasteiger partial charge in [-0.1, -0.05) is 50.1 Å². The molecule has 1 aromatic heterocycles. The minimum Gasteiger partial charge on any atom is -0.262 e. The van der Waals surface area contributed by atoms with Crippen molar-refractivity contribution in [3.05, 3.63) is 46.6 Å². The Labute approximate surface area is 136 Å². The standard InChI is InChI=1S/C17H21ClN4/c1-3-9-17(4-2,13-7-5-6-8-14(13)18)15-12-16-20-19-10-11-22(16)21-15/h5-8,10,12,20H,3-4,9,11H2,1-2H3. The van der Waals surface area contributed by atoms with Crippen LogP contribution in [0, 0.1) is 0 Å². The molecule has 3 rings (SSSR count). The Kier molecular flexibility index (Phi) is 4.21. The molecule has 0 saturated heterocycles. The van der Waals surface area contributed by atoms with E-state index in [9.17, 15) is 0 Å². The number of fused-ring (bicyclic) bond motifs is 1. The van der Waals surface area contributed by atoms with Gasteiger partial charge in [0.15, 0.2) is 0 Å². The predicted molar refractivity (Wildman–Crippen MR) is 91.8 cm³/mol. The molecule has 22 heavy (non-hydrogen) atoms. The highest BCUT2D eigenvalue weighted by atomic mass is 35.5. The summed E-state index contributed by atoms with van der Waals surface area (Å²) in [6.07, 6.45) is 4.88. The molecule has 2 aromatic rings. The summed E-state index contributed by atoms with van der Waals surface area (Å²) in [5.41, 5.74) is 5.10. The normalized spacial score (nSPS) is 16.0. The van der Waals surface area contributed by atoms with Crippen molar-refractivity contribution in [1.29, 1.82) is 0 Å². The minimum absolute atomic E-state index is 0.154. The SMILES string of the molecule is CCCC(CC)(c1cc2n(n1)CC=NN2)c1ccccc1Cl. The first-order chi connectivity index (χ1) is 10.7. The molecular formula is C17H21ClN4. The summed E-state index contributed by atoms with van der Waals surface area (Å²) < 4.78 is 1.96. The highest BCUT2D eigenvalue weighted by Gasteiger charge is 2.36. The van der Waals surface area contributed by atoms with Gasteiger partial charge in [-0.05, 0) is 24.5 Å². The third kappa shape index (κ3) is 2.41. The topological polar surface area (TPSA) is 42.2 Å². The second-order valence-corrected chi connectivity index (χ2v) is 6.09. The van der Waals surface area contributed by atoms with Crippen molar-refractivity contribution in [2.45, 2.75) is 45.1 Å². The molecule has 2 heterocycles. The van der Waals surface area contributed by atoms with Gasteiger partial charge in [0, 0.05) is 22.7 Å². The van der Waals surface area contributed by atoms with Gasteiger partial charge in [0.2, 0.25) is 0 Å². The van der Waals surface area contributed by atoms with E-state index in [-0.39, 0.29) is 5.41 Å². The average molecular weight is 317 g/mol. The van der Waals surface area contributed by atoms with Crippen LogP contribution in [-0.4, -0.2) is 16.0 Å². The van der Waals surface area contributed by atoms with Gasteiger partial charge in [-0.2, -0.15) is 10.2 Å². The third-order valence-corrected chi connectivity index (χ3v) is 4.79. The number of hydrogen-bond donors (Lipinski definition) is 1. The third-order valence-electron chi connectivity index (χ3n) is 4.47. The zero-order chi connectivity index (χ0) is 15.6. The van der Waals surface area contributed by atoms with Crippen LogP contribution in [0.15, 0.2) is 35.4 Å². The number of hydrazone groups is 1. The Bertz CT molecular complexity index is 666. The molecule has 0 aliphatic carbocycles. The summed E-state index contributed by atoms with van der Waals surface area (Å²) in [5, 5.41) is 9.76. The van der Waals surface area contributed by atoms with Crippen molar-refractivity contribution >= 4 is 23.6 Å². The number of nitrogens with zero attached hydrogens (tertiary/aromatic N) is 3. The number of hydrogen-bond acceptors (Lipinski definition) is 3. The van der Waals surface area contributed by atoms with Gasteiger partial charge in [-0.25, -0.2) is 4.68 Å². The summed E-state index contributed by atoms with van der Waals surface area (Å²) >= 11 is 6.52. The largest absolute Gasteiger partial charge is 0.262 e. The first-order valence-electron chi connectivity index (χ1n) is 7.82. The fourth-order valence-corrected chi connectivity index (χ4v) is 3.65. The quantitative estimate of drug-likeness (QED) is 0.885. The molecule has 0 fully saturated rings. The maximum absolute atomic E-state index is 6.52. The van der Waals surface area contributed by atoms with Gasteiger partial charge in [0.1, 0.15) is 5.82 Å². The Balaban J connectivity index is 2.14. The van der Waals surface area contributed by atoms with Crippen molar-refractivity contribution in [2.24, 2.45) is 5.10 Å². The van der Waals surface area contributed by atoms with Crippen LogP contribution in [0.2, 0.25) is 5.02 Å². The number of anilines is 1. The highest BCUT2D eigenvalue weighted by Crippen LogP contribution is 2.43. The zero-order valence-corrected chi connectivity index (χ0v) is 13.8. The summed E-state index contributed by atoms with van der Waals surface area (Å²) in [6, 6.07) is 10.2. The van der Waals surface area contributed by atoms with Gasteiger partial charge < -0.3 is 0 Å². The number of nitrogens with one attached hydrogen (secondary N) is 1. The highest BCUT2D eigenvalue weighted by molar-refractivity contribution is 6.31. The molecule has 0 amide bonds. The van der Waals surface area contributed by atoms with Gasteiger partial charge >= 0.3 is 0 Å². The van der Waals surface area contributed by atoms with Gasteiger partial charge in [0.05, 0.1) is 12.2 Å². The van der Waals surface area contributed by atoms with E-state index >= 15 is 0 Å². The number of aromatic nitrogens is 2. The van der Waals surface area contributed by atoms with Crippen molar-refractivity contribution in [3.63, 3.8) is 0 Å². The van der Waals surface area contributed by atoms with Crippen LogP contribution in [0.4, 0.5) is 5.82 Å². The van der Waals surface area contributed by atoms with E-state index in [2.05, 4.69) is 42.6 Å². The van der Waals surface area contributed by atoms with Crippen molar-refractivity contribution in [3.8, 4) is 0 Å². The molecule has 5 heteroatoms. The van der Waals surface area contributed by atoms with Crippen LogP contribution in [0.1, 0.15) is 44.4 Å². The zero-order valence-electron chi connectivity index (χ0n) is 13.0. The summed E-state index contributed by atoms with van der Waals surface area (Å²) in [6.45, 7) is 5.12. The first-order valence-corrected chi connectivity index (χ1v) is 8.20. The molecule has 1 aromatic carbocycles. The van der Waals surface area contributed by atoms with Crippen molar-refractivity contribution in [2.75, 3.05) is 5.43 Å². The van der Waals surface area contributed by atoms with E-state index in [1.165, 1.54) is 0 Å². The lowest BCUT2D eigenvalue weighted by atomic mass is 9.72. The van der Waals surface area contributed by atoms with E-state index in [0.717, 1.165) is 41.4 Å². The molecular weight excluding hydrogens is 296 g/mol. The molecule has 0 bridgehead atoms. The van der Waals surface area contributed by atoms with Crippen molar-refractivity contribution < 1.29 is 0 Å². The number of benzene rings is 1. The Morgan fingerprint density at radius 2 is 2.14 bits per heavy atom. The fraction of sp³-hybridized carbons (Fsp3) is 0.412. The van der Waals surface area contributed by atoms with E-state index in [4.69, 9.17) is 16.7 Å². The van der Waals surface area contributed by atoms with Crippen LogP contribution in [0.25, 0.3) is 0 Å². The lowest BCUT2D eigenvalue weighted by Crippen LogP contribution is -2.28. The maximum Gasteiger partial charge on any atom is 0.145 e. The molecule has 0 radical (unpaired) electrons. The van der Waals surface area contributed by atoms with Gasteiger partial charge in [-0.15, -0.1) is 0 Å². The summed E-state index contributed by atoms with van der Waals surface area (Å²) in [7, 11) is 0. The van der Waals surface area contributed by atoms with E-state index in [1.807, 2.05) is 23.0 Å². The fourth-order valence-electron chi connectivity index (χ4n) is 3.33. The lowest BCUT2D eigenvalue weighted by Gasteiger charge is -2.32. The van der Waals surface area contributed by atoms with E-state index < -0.39 is 0 Å². The summed E-state index contributed by atoms with van der Waals surface area (Å²) in [5.74, 6) is 0.943. The molecule has 0 saturated carbocycles. The number of rotatable bonds is 5. The lowest BCUT2D eigenvalue weighted by molar-refractivity contribution is 0.432. The van der Waals surface area contributed by atoms with Crippen LogP contribution in [0.5, 0.6) is 0 Å². The van der Waals surface area contributed by atoms with Crippen LogP contribution in [0.3, 0.4) is 0 Å². The Hall–Kier alpha value is -1.81. The Morgan fingerprint density at radius 1 is 1.32 bits per heavy atom. The van der Waals surface area contributed by atoms with Gasteiger partial charge in [-0.3, -0.25) is 5.43 Å². The maximum atomic E-state index is 6.52. The monoisotopic (exact) mass is 316 g/mol.